The molecule has 144 valence electrons. The van der Waals surface area contributed by atoms with Crippen LogP contribution in [0.3, 0.4) is 0 Å². The van der Waals surface area contributed by atoms with Gasteiger partial charge in [-0.1, -0.05) is 64.0 Å². The van der Waals surface area contributed by atoms with Crippen LogP contribution >= 0.6 is 0 Å². The number of hydrogen-bond donors (Lipinski definition) is 0. The third kappa shape index (κ3) is 4.71. The second-order valence-corrected chi connectivity index (χ2v) is 7.68. The Bertz CT molecular complexity index is 820. The van der Waals surface area contributed by atoms with E-state index in [4.69, 9.17) is 9.47 Å². The topological polar surface area (TPSA) is 35.5 Å². The van der Waals surface area contributed by atoms with E-state index in [1.807, 2.05) is 24.3 Å². The second-order valence-electron chi connectivity index (χ2n) is 7.68. The van der Waals surface area contributed by atoms with E-state index in [-0.39, 0.29) is 12.1 Å². The van der Waals surface area contributed by atoms with E-state index in [0.29, 0.717) is 12.3 Å². The average molecular weight is 367 g/mol. The highest BCUT2D eigenvalue weighted by Crippen LogP contribution is 2.40. The number of rotatable bonds is 9. The molecule has 1 aliphatic rings. The van der Waals surface area contributed by atoms with Gasteiger partial charge in [0.25, 0.3) is 0 Å². The lowest BCUT2D eigenvalue weighted by Gasteiger charge is -2.23. The van der Waals surface area contributed by atoms with Crippen molar-refractivity contribution in [2.75, 3.05) is 6.61 Å². The Kier molecular flexibility index (Phi) is 6.54. The fourth-order valence-corrected chi connectivity index (χ4v) is 3.52. The molecule has 1 aliphatic carbocycles. The van der Waals surface area contributed by atoms with E-state index in [1.165, 1.54) is 0 Å². The highest BCUT2D eigenvalue weighted by molar-refractivity contribution is 5.97. The molecule has 0 aromatic heterocycles. The number of carbonyl (C=O) groups excluding carboxylic acids is 1. The first-order chi connectivity index (χ1) is 13.1. The first kappa shape index (κ1) is 19.5. The lowest BCUT2D eigenvalue weighted by molar-refractivity contribution is -0.147. The van der Waals surface area contributed by atoms with Gasteiger partial charge in [0.15, 0.2) is 0 Å². The standard InChI is InChI=1S/C24H30O3/c1-4-5-16-26-21-14-12-18-9-7-10-19-22(15-13-20(21)24(18)19)27-23(25)11-6-8-17(2)3/h7,9-10,12-15,17,22H,4-6,8,11,16H2,1-3H3. The van der Waals surface area contributed by atoms with Crippen molar-refractivity contribution >= 4 is 22.8 Å². The lowest BCUT2D eigenvalue weighted by atomic mass is 9.91. The number of carbonyl (C=O) groups is 1. The lowest BCUT2D eigenvalue weighted by Crippen LogP contribution is -2.12. The summed E-state index contributed by atoms with van der Waals surface area (Å²) >= 11 is 0. The summed E-state index contributed by atoms with van der Waals surface area (Å²) in [6.45, 7) is 7.23. The van der Waals surface area contributed by atoms with Crippen molar-refractivity contribution in [2.24, 2.45) is 5.92 Å². The Morgan fingerprint density at radius 3 is 2.78 bits per heavy atom. The first-order valence-electron chi connectivity index (χ1n) is 10.2. The molecule has 1 unspecified atom stereocenters. The fourth-order valence-electron chi connectivity index (χ4n) is 3.52. The molecule has 3 nitrogen and oxygen atoms in total. The smallest absolute Gasteiger partial charge is 0.306 e. The van der Waals surface area contributed by atoms with Crippen LogP contribution < -0.4 is 4.74 Å². The van der Waals surface area contributed by atoms with Crippen molar-refractivity contribution in [3.63, 3.8) is 0 Å². The third-order valence-electron chi connectivity index (χ3n) is 5.00. The molecule has 0 N–H and O–H groups in total. The van der Waals surface area contributed by atoms with E-state index in [1.54, 1.807) is 0 Å². The fraction of sp³-hybridized carbons (Fsp3) is 0.458. The van der Waals surface area contributed by atoms with Crippen molar-refractivity contribution in [1.29, 1.82) is 0 Å². The molecule has 3 rings (SSSR count). The van der Waals surface area contributed by atoms with Gasteiger partial charge in [-0.15, -0.1) is 0 Å². The van der Waals surface area contributed by atoms with Gasteiger partial charge in [0.2, 0.25) is 0 Å². The summed E-state index contributed by atoms with van der Waals surface area (Å²) < 4.78 is 11.8. The van der Waals surface area contributed by atoms with Gasteiger partial charge in [0, 0.05) is 17.5 Å². The molecule has 0 bridgehead atoms. The number of esters is 1. The van der Waals surface area contributed by atoms with Gasteiger partial charge < -0.3 is 9.47 Å². The van der Waals surface area contributed by atoms with Crippen LogP contribution in [0.4, 0.5) is 0 Å². The molecule has 0 saturated carbocycles. The molecule has 3 heteroatoms. The van der Waals surface area contributed by atoms with Crippen molar-refractivity contribution in [2.45, 2.75) is 59.0 Å². The van der Waals surface area contributed by atoms with Crippen molar-refractivity contribution in [3.8, 4) is 5.75 Å². The molecule has 27 heavy (non-hydrogen) atoms. The van der Waals surface area contributed by atoms with E-state index in [9.17, 15) is 4.79 Å². The molecule has 0 amide bonds. The van der Waals surface area contributed by atoms with Crippen LogP contribution in [0.2, 0.25) is 0 Å². The minimum absolute atomic E-state index is 0.124. The highest BCUT2D eigenvalue weighted by atomic mass is 16.5. The summed E-state index contributed by atoms with van der Waals surface area (Å²) in [6, 6.07) is 10.3. The van der Waals surface area contributed by atoms with Crippen molar-refractivity contribution in [1.82, 2.24) is 0 Å². The maximum atomic E-state index is 12.3. The average Bonchev–Trinajstić information content (AvgIpc) is 2.65. The molecule has 2 aromatic carbocycles. The minimum Gasteiger partial charge on any atom is -0.493 e. The summed E-state index contributed by atoms with van der Waals surface area (Å²) in [5.74, 6) is 1.39. The maximum Gasteiger partial charge on any atom is 0.306 e. The van der Waals surface area contributed by atoms with E-state index < -0.39 is 0 Å². The number of ether oxygens (including phenoxy) is 2. The summed E-state index contributed by atoms with van der Waals surface area (Å²) in [5.41, 5.74) is 2.13. The molecule has 0 radical (unpaired) electrons. The van der Waals surface area contributed by atoms with Crippen molar-refractivity contribution in [3.05, 3.63) is 47.5 Å². The van der Waals surface area contributed by atoms with Gasteiger partial charge >= 0.3 is 5.97 Å². The third-order valence-corrected chi connectivity index (χ3v) is 5.00. The van der Waals surface area contributed by atoms with Crippen LogP contribution in [0, 0.1) is 5.92 Å². The molecular formula is C24H30O3. The van der Waals surface area contributed by atoms with Crippen LogP contribution in [0.5, 0.6) is 5.75 Å². The second kappa shape index (κ2) is 9.07. The van der Waals surface area contributed by atoms with E-state index in [0.717, 1.165) is 59.9 Å². The zero-order valence-electron chi connectivity index (χ0n) is 16.7. The quantitative estimate of drug-likeness (QED) is 0.377. The predicted octanol–water partition coefficient (Wildman–Crippen LogP) is 6.46. The van der Waals surface area contributed by atoms with E-state index in [2.05, 4.69) is 39.0 Å². The Morgan fingerprint density at radius 1 is 1.15 bits per heavy atom. The first-order valence-corrected chi connectivity index (χ1v) is 10.2. The van der Waals surface area contributed by atoms with Crippen molar-refractivity contribution < 1.29 is 14.3 Å². The van der Waals surface area contributed by atoms with Gasteiger partial charge in [-0.25, -0.2) is 0 Å². The Morgan fingerprint density at radius 2 is 2.00 bits per heavy atom. The van der Waals surface area contributed by atoms with Gasteiger partial charge in [0.05, 0.1) is 6.61 Å². The zero-order valence-corrected chi connectivity index (χ0v) is 16.7. The van der Waals surface area contributed by atoms with Crippen LogP contribution in [0.25, 0.3) is 16.8 Å². The number of hydrogen-bond acceptors (Lipinski definition) is 3. The van der Waals surface area contributed by atoms with Gasteiger partial charge in [0.1, 0.15) is 11.9 Å². The minimum atomic E-state index is -0.321. The summed E-state index contributed by atoms with van der Waals surface area (Å²) in [4.78, 5) is 12.3. The van der Waals surface area contributed by atoms with E-state index >= 15 is 0 Å². The monoisotopic (exact) mass is 366 g/mol. The summed E-state index contributed by atoms with van der Waals surface area (Å²) in [5, 5.41) is 2.28. The van der Waals surface area contributed by atoms with Gasteiger partial charge in [-0.05, 0) is 41.7 Å². The molecule has 0 spiro atoms. The molecule has 2 aromatic rings. The molecule has 1 atom stereocenters. The number of benzene rings is 2. The van der Waals surface area contributed by atoms with Crippen LogP contribution in [-0.4, -0.2) is 12.6 Å². The largest absolute Gasteiger partial charge is 0.493 e. The highest BCUT2D eigenvalue weighted by Gasteiger charge is 2.23. The molecular weight excluding hydrogens is 336 g/mol. The zero-order chi connectivity index (χ0) is 19.2. The summed E-state index contributed by atoms with van der Waals surface area (Å²) in [7, 11) is 0. The van der Waals surface area contributed by atoms with Gasteiger partial charge in [-0.2, -0.15) is 0 Å². The number of unbranched alkanes of at least 4 members (excludes halogenated alkanes) is 1. The Labute approximate surface area is 162 Å². The molecule has 0 aliphatic heterocycles. The Hall–Kier alpha value is -2.29. The normalized spacial score (nSPS) is 15.3. The van der Waals surface area contributed by atoms with Crippen LogP contribution in [0.15, 0.2) is 36.4 Å². The summed E-state index contributed by atoms with van der Waals surface area (Å²) in [6.07, 6.45) is 8.25. The predicted molar refractivity (Wildman–Crippen MR) is 111 cm³/mol. The maximum absolute atomic E-state index is 12.3. The molecule has 0 heterocycles. The molecule has 0 fully saturated rings. The van der Waals surface area contributed by atoms with Crippen LogP contribution in [-0.2, 0) is 9.53 Å². The van der Waals surface area contributed by atoms with Crippen LogP contribution in [0.1, 0.15) is 70.1 Å². The Balaban J connectivity index is 1.80. The molecule has 0 saturated heterocycles. The van der Waals surface area contributed by atoms with Gasteiger partial charge in [-0.3, -0.25) is 4.79 Å². The SMILES string of the molecule is CCCCOc1ccc2cccc3c2c1C=CC3OC(=O)CCCC(C)C.